The van der Waals surface area contributed by atoms with Crippen LogP contribution in [-0.2, 0) is 0 Å². The van der Waals surface area contributed by atoms with Crippen molar-refractivity contribution in [2.24, 2.45) is 0 Å². The predicted octanol–water partition coefficient (Wildman–Crippen LogP) is 3.42. The first-order valence-electron chi connectivity index (χ1n) is 6.30. The highest BCUT2D eigenvalue weighted by Crippen LogP contribution is 2.23. The van der Waals surface area contributed by atoms with Crippen molar-refractivity contribution in [2.75, 3.05) is 11.5 Å². The summed E-state index contributed by atoms with van der Waals surface area (Å²) in [5.41, 5.74) is 14.1. The zero-order chi connectivity index (χ0) is 14.7. The highest BCUT2D eigenvalue weighted by atomic mass is 35.5. The normalized spacial score (nSPS) is 12.8. The molecular weight excluding hydrogens is 272 g/mol. The summed E-state index contributed by atoms with van der Waals surface area (Å²) in [5, 5.41) is 0.731. The molecule has 2 rings (SSSR count). The number of allylic oxidation sites excluding steroid dienone is 1. The summed E-state index contributed by atoms with van der Waals surface area (Å²) in [7, 11) is 0. The first-order valence-corrected chi connectivity index (χ1v) is 6.68. The van der Waals surface area contributed by atoms with Gasteiger partial charge in [-0.2, -0.15) is 4.98 Å². The summed E-state index contributed by atoms with van der Waals surface area (Å²) in [6, 6.07) is 7.79. The van der Waals surface area contributed by atoms with E-state index < -0.39 is 0 Å². The van der Waals surface area contributed by atoms with Gasteiger partial charge in [-0.25, -0.2) is 4.98 Å². The number of halogens is 1. The second-order valence-electron chi connectivity index (χ2n) is 4.67. The molecule has 4 nitrogen and oxygen atoms in total. The van der Waals surface area contributed by atoms with Crippen molar-refractivity contribution in [3.63, 3.8) is 0 Å². The number of nitrogens with two attached hydrogens (primary N) is 2. The molecule has 1 atom stereocenters. The molecule has 0 bridgehead atoms. The third kappa shape index (κ3) is 3.27. The van der Waals surface area contributed by atoms with Crippen molar-refractivity contribution in [1.82, 2.24) is 9.97 Å². The van der Waals surface area contributed by atoms with Gasteiger partial charge in [0.1, 0.15) is 5.82 Å². The lowest BCUT2D eigenvalue weighted by Gasteiger charge is -2.08. The molecule has 1 aromatic heterocycles. The third-order valence-electron chi connectivity index (χ3n) is 3.11. The molecule has 20 heavy (non-hydrogen) atoms. The quantitative estimate of drug-likeness (QED) is 0.907. The van der Waals surface area contributed by atoms with Gasteiger partial charge in [0.25, 0.3) is 0 Å². The Balaban J connectivity index is 2.26. The minimum absolute atomic E-state index is 0.194. The van der Waals surface area contributed by atoms with Crippen molar-refractivity contribution in [3.05, 3.63) is 52.2 Å². The Morgan fingerprint density at radius 3 is 2.65 bits per heavy atom. The van der Waals surface area contributed by atoms with Gasteiger partial charge in [0.05, 0.1) is 5.69 Å². The topological polar surface area (TPSA) is 77.8 Å². The zero-order valence-electron chi connectivity index (χ0n) is 11.5. The Kier molecular flexibility index (Phi) is 4.25. The van der Waals surface area contributed by atoms with Crippen molar-refractivity contribution in [3.8, 4) is 0 Å². The lowest BCUT2D eigenvalue weighted by atomic mass is 10.00. The Hall–Kier alpha value is -2.07. The monoisotopic (exact) mass is 288 g/mol. The minimum atomic E-state index is 0.194. The van der Waals surface area contributed by atoms with E-state index in [1.165, 1.54) is 0 Å². The molecule has 0 saturated carbocycles. The molecule has 0 amide bonds. The lowest BCUT2D eigenvalue weighted by Crippen LogP contribution is -2.04. The van der Waals surface area contributed by atoms with Gasteiger partial charge in [0.2, 0.25) is 5.95 Å². The second kappa shape index (κ2) is 5.92. The molecule has 1 heterocycles. The van der Waals surface area contributed by atoms with E-state index in [2.05, 4.69) is 16.9 Å². The molecule has 0 saturated heterocycles. The van der Waals surface area contributed by atoms with Gasteiger partial charge in [-0.05, 0) is 30.5 Å². The van der Waals surface area contributed by atoms with Gasteiger partial charge < -0.3 is 11.5 Å². The van der Waals surface area contributed by atoms with Crippen molar-refractivity contribution >= 4 is 29.4 Å². The summed E-state index contributed by atoms with van der Waals surface area (Å²) in [6.07, 6.45) is 3.97. The van der Waals surface area contributed by atoms with Crippen LogP contribution in [0.2, 0.25) is 5.02 Å². The minimum Gasteiger partial charge on any atom is -0.383 e. The lowest BCUT2D eigenvalue weighted by molar-refractivity contribution is 0.972. The van der Waals surface area contributed by atoms with E-state index in [4.69, 9.17) is 23.1 Å². The van der Waals surface area contributed by atoms with E-state index in [-0.39, 0.29) is 11.9 Å². The fourth-order valence-electron chi connectivity index (χ4n) is 1.97. The largest absolute Gasteiger partial charge is 0.383 e. The van der Waals surface area contributed by atoms with E-state index in [0.717, 1.165) is 21.8 Å². The van der Waals surface area contributed by atoms with Gasteiger partial charge in [-0.15, -0.1) is 0 Å². The standard InChI is InChI=1S/C15H17ClN4/c1-9(11-4-3-5-12(16)8-11)6-7-13-10(2)19-15(18)20-14(13)17/h3-9H,1-2H3,(H4,17,18,19,20). The van der Waals surface area contributed by atoms with Crippen molar-refractivity contribution in [1.29, 1.82) is 0 Å². The highest BCUT2D eigenvalue weighted by Gasteiger charge is 2.06. The molecule has 0 fully saturated rings. The van der Waals surface area contributed by atoms with Crippen molar-refractivity contribution < 1.29 is 0 Å². The second-order valence-corrected chi connectivity index (χ2v) is 5.11. The molecule has 0 aliphatic rings. The van der Waals surface area contributed by atoms with Crippen LogP contribution in [0.1, 0.15) is 29.7 Å². The Morgan fingerprint density at radius 1 is 1.25 bits per heavy atom. The predicted molar refractivity (Wildman–Crippen MR) is 84.5 cm³/mol. The molecular formula is C15H17ClN4. The van der Waals surface area contributed by atoms with E-state index in [9.17, 15) is 0 Å². The molecule has 0 aliphatic carbocycles. The number of nitrogen functional groups attached to an aromatic ring is 2. The average molecular weight is 289 g/mol. The highest BCUT2D eigenvalue weighted by molar-refractivity contribution is 6.30. The van der Waals surface area contributed by atoms with Crippen LogP contribution in [0.25, 0.3) is 6.08 Å². The summed E-state index contributed by atoms with van der Waals surface area (Å²) < 4.78 is 0. The zero-order valence-corrected chi connectivity index (χ0v) is 12.2. The average Bonchev–Trinajstić information content (AvgIpc) is 2.37. The first-order chi connectivity index (χ1) is 9.47. The van der Waals surface area contributed by atoms with Crippen LogP contribution in [0.15, 0.2) is 30.3 Å². The summed E-state index contributed by atoms with van der Waals surface area (Å²) in [4.78, 5) is 8.08. The number of aromatic nitrogens is 2. The number of hydrogen-bond donors (Lipinski definition) is 2. The fraction of sp³-hybridized carbons (Fsp3) is 0.200. The van der Waals surface area contributed by atoms with Crippen LogP contribution in [-0.4, -0.2) is 9.97 Å². The van der Waals surface area contributed by atoms with E-state index >= 15 is 0 Å². The van der Waals surface area contributed by atoms with Crippen LogP contribution in [0.4, 0.5) is 11.8 Å². The third-order valence-corrected chi connectivity index (χ3v) is 3.34. The molecule has 0 spiro atoms. The smallest absolute Gasteiger partial charge is 0.222 e. The Labute approximate surface area is 123 Å². The number of hydrogen-bond acceptors (Lipinski definition) is 4. The summed E-state index contributed by atoms with van der Waals surface area (Å²) >= 11 is 6.00. The number of anilines is 2. The van der Waals surface area contributed by atoms with Crippen LogP contribution in [0.5, 0.6) is 0 Å². The maximum atomic E-state index is 6.00. The van der Waals surface area contributed by atoms with E-state index in [0.29, 0.717) is 5.82 Å². The molecule has 1 aromatic carbocycles. The van der Waals surface area contributed by atoms with Gasteiger partial charge >= 0.3 is 0 Å². The van der Waals surface area contributed by atoms with Crippen molar-refractivity contribution in [2.45, 2.75) is 19.8 Å². The number of benzene rings is 1. The Bertz CT molecular complexity index is 629. The molecule has 104 valence electrons. The van der Waals surface area contributed by atoms with Gasteiger partial charge in [-0.1, -0.05) is 42.8 Å². The van der Waals surface area contributed by atoms with Crippen LogP contribution >= 0.6 is 11.6 Å². The first kappa shape index (κ1) is 14.3. The number of aryl methyl sites for hydroxylation is 1. The Morgan fingerprint density at radius 2 is 2.00 bits per heavy atom. The molecule has 1 unspecified atom stereocenters. The molecule has 0 radical (unpaired) electrons. The molecule has 4 N–H and O–H groups in total. The number of rotatable bonds is 3. The fourth-order valence-corrected chi connectivity index (χ4v) is 2.17. The maximum Gasteiger partial charge on any atom is 0.222 e. The maximum absolute atomic E-state index is 6.00. The van der Waals surface area contributed by atoms with Crippen LogP contribution < -0.4 is 11.5 Å². The summed E-state index contributed by atoms with van der Waals surface area (Å²) in [5.74, 6) is 0.801. The van der Waals surface area contributed by atoms with E-state index in [1.807, 2.05) is 43.3 Å². The SMILES string of the molecule is Cc1nc(N)nc(N)c1C=CC(C)c1cccc(Cl)c1. The van der Waals surface area contributed by atoms with Gasteiger partial charge in [-0.3, -0.25) is 0 Å². The van der Waals surface area contributed by atoms with E-state index in [1.54, 1.807) is 0 Å². The summed E-state index contributed by atoms with van der Waals surface area (Å²) in [6.45, 7) is 3.95. The molecule has 0 aliphatic heterocycles. The van der Waals surface area contributed by atoms with Gasteiger partial charge in [0.15, 0.2) is 0 Å². The van der Waals surface area contributed by atoms with Crippen LogP contribution in [0, 0.1) is 6.92 Å². The van der Waals surface area contributed by atoms with Crippen LogP contribution in [0.3, 0.4) is 0 Å². The molecule has 2 aromatic rings. The van der Waals surface area contributed by atoms with Gasteiger partial charge in [0, 0.05) is 10.6 Å². The number of nitrogens with zero attached hydrogens (tertiary/aromatic N) is 2. The molecule has 5 heteroatoms.